The summed E-state index contributed by atoms with van der Waals surface area (Å²) >= 11 is 0. The maximum atomic E-state index is 13.7. The minimum absolute atomic E-state index is 0.0567. The van der Waals surface area contributed by atoms with E-state index in [0.29, 0.717) is 37.1 Å². The van der Waals surface area contributed by atoms with Gasteiger partial charge in [0.2, 0.25) is 11.8 Å². The molecule has 6 rings (SSSR count). The summed E-state index contributed by atoms with van der Waals surface area (Å²) in [5, 5.41) is 13.8. The second kappa shape index (κ2) is 17.1. The van der Waals surface area contributed by atoms with E-state index in [1.165, 1.54) is 29.8 Å². The first-order valence-corrected chi connectivity index (χ1v) is 18.6. The number of hydrogen-bond donors (Lipinski definition) is 2. The number of nitrogens with one attached hydrogen (secondary N) is 1. The lowest BCUT2D eigenvalue weighted by atomic mass is 9.78. The molecule has 4 aromatic rings. The number of carbonyl (C=O) groups excluding carboxylic acids is 2. The Morgan fingerprint density at radius 1 is 0.792 bits per heavy atom. The summed E-state index contributed by atoms with van der Waals surface area (Å²) in [6, 6.07) is 27.5. The molecule has 4 aromatic carbocycles. The van der Waals surface area contributed by atoms with Crippen molar-refractivity contribution >= 4 is 17.5 Å². The summed E-state index contributed by atoms with van der Waals surface area (Å²) < 4.78 is 28.1. The van der Waals surface area contributed by atoms with Crippen molar-refractivity contribution in [3.8, 4) is 0 Å². The van der Waals surface area contributed by atoms with Gasteiger partial charge in [-0.05, 0) is 85.6 Å². The number of nitrogens with zero attached hydrogens (tertiary/aromatic N) is 4. The van der Waals surface area contributed by atoms with Gasteiger partial charge in [0.25, 0.3) is 0 Å². The third-order valence-corrected chi connectivity index (χ3v) is 11.0. The number of carbonyl (C=O) groups is 2. The Bertz CT molecular complexity index is 1810. The van der Waals surface area contributed by atoms with Crippen LogP contribution in [0.3, 0.4) is 0 Å². The van der Waals surface area contributed by atoms with E-state index in [1.807, 2.05) is 24.3 Å². The van der Waals surface area contributed by atoms with Crippen molar-refractivity contribution < 1.29 is 28.0 Å². The summed E-state index contributed by atoms with van der Waals surface area (Å²) in [7, 11) is 6.74. The van der Waals surface area contributed by atoms with E-state index < -0.39 is 12.0 Å². The van der Waals surface area contributed by atoms with E-state index in [2.05, 4.69) is 60.5 Å². The Kier molecular flexibility index (Phi) is 12.4. The number of rotatable bonds is 12. The van der Waals surface area contributed by atoms with Crippen molar-refractivity contribution in [2.75, 3.05) is 65.3 Å². The summed E-state index contributed by atoms with van der Waals surface area (Å²) in [6.45, 7) is 7.86. The standard InChI is InChI=1S/C43H51F2N5O3/c1-47-22-23-48(2)25-27-50(3,26-24-47)30-33-6-4-31(5-7-33)28-41(52)46-29-32-8-10-35(11-9-32)42-39(20-21-40(51)34-12-14-36(44)15-13-34)43(53)49(42)38-18-16-37(45)17-19-38/h4-19,39-40,42,51H,20-30H2,1-3H3/p+1. The van der Waals surface area contributed by atoms with Crippen molar-refractivity contribution in [3.63, 3.8) is 0 Å². The van der Waals surface area contributed by atoms with E-state index in [9.17, 15) is 23.5 Å². The number of amides is 2. The molecule has 53 heavy (non-hydrogen) atoms. The van der Waals surface area contributed by atoms with Crippen LogP contribution in [-0.4, -0.2) is 91.6 Å². The fraction of sp³-hybridized carbons (Fsp3) is 0.395. The van der Waals surface area contributed by atoms with Crippen LogP contribution < -0.4 is 10.2 Å². The average Bonchev–Trinajstić information content (AvgIpc) is 3.21. The van der Waals surface area contributed by atoms with Crippen LogP contribution in [0.4, 0.5) is 14.5 Å². The van der Waals surface area contributed by atoms with Gasteiger partial charge in [-0.2, -0.15) is 0 Å². The molecule has 2 fully saturated rings. The van der Waals surface area contributed by atoms with Crippen molar-refractivity contribution in [3.05, 3.63) is 137 Å². The van der Waals surface area contributed by atoms with Crippen molar-refractivity contribution in [1.82, 2.24) is 15.1 Å². The van der Waals surface area contributed by atoms with Gasteiger partial charge in [0.05, 0.1) is 44.6 Å². The highest BCUT2D eigenvalue weighted by Crippen LogP contribution is 2.46. The molecule has 8 nitrogen and oxygen atoms in total. The molecule has 2 saturated heterocycles. The number of anilines is 1. The van der Waals surface area contributed by atoms with Crippen LogP contribution in [0.1, 0.15) is 52.8 Å². The van der Waals surface area contributed by atoms with Crippen LogP contribution in [0.15, 0.2) is 97.1 Å². The number of likely N-dealkylation sites (N-methyl/N-ethyl adjacent to an activating group) is 3. The average molecular weight is 725 g/mol. The number of hydrogen-bond acceptors (Lipinski definition) is 5. The zero-order valence-electron chi connectivity index (χ0n) is 31.1. The molecule has 0 aromatic heterocycles. The smallest absolute Gasteiger partial charge is 0.233 e. The molecule has 2 aliphatic rings. The molecule has 0 bridgehead atoms. The molecule has 2 heterocycles. The third kappa shape index (κ3) is 9.94. The predicted molar refractivity (Wildman–Crippen MR) is 204 cm³/mol. The zero-order chi connectivity index (χ0) is 37.5. The van der Waals surface area contributed by atoms with Gasteiger partial charge in [-0.25, -0.2) is 8.78 Å². The Morgan fingerprint density at radius 2 is 1.34 bits per heavy atom. The molecule has 2 amide bonds. The minimum atomic E-state index is -0.832. The first-order chi connectivity index (χ1) is 25.5. The topological polar surface area (TPSA) is 76.1 Å². The van der Waals surface area contributed by atoms with Crippen LogP contribution in [0.2, 0.25) is 0 Å². The SMILES string of the molecule is CN1CCN(C)CC[N+](C)(Cc2ccc(CC(=O)NCc3ccc(C4C(CCC(O)c5ccc(F)cc5)C(=O)N4c4ccc(F)cc4)cc3)cc2)CC1. The molecule has 3 unspecified atom stereocenters. The third-order valence-electron chi connectivity index (χ3n) is 11.0. The second-order valence-electron chi connectivity index (χ2n) is 15.2. The van der Waals surface area contributed by atoms with Gasteiger partial charge in [-0.15, -0.1) is 0 Å². The Balaban J connectivity index is 1.04. The molecule has 280 valence electrons. The maximum absolute atomic E-state index is 13.7. The molecular formula is C43H52F2N5O3+. The molecule has 0 aliphatic carbocycles. The van der Waals surface area contributed by atoms with Gasteiger partial charge >= 0.3 is 0 Å². The second-order valence-corrected chi connectivity index (χ2v) is 15.2. The van der Waals surface area contributed by atoms with Crippen LogP contribution in [-0.2, 0) is 29.1 Å². The molecular weight excluding hydrogens is 673 g/mol. The molecule has 10 heteroatoms. The number of halogens is 2. The molecule has 0 saturated carbocycles. The number of aliphatic hydroxyl groups excluding tert-OH is 1. The summed E-state index contributed by atoms with van der Waals surface area (Å²) in [5.74, 6) is -1.30. The lowest BCUT2D eigenvalue weighted by molar-refractivity contribution is -0.921. The van der Waals surface area contributed by atoms with Crippen molar-refractivity contribution in [1.29, 1.82) is 0 Å². The fourth-order valence-corrected chi connectivity index (χ4v) is 7.43. The van der Waals surface area contributed by atoms with E-state index in [-0.39, 0.29) is 29.5 Å². The highest BCUT2D eigenvalue weighted by Gasteiger charge is 2.48. The highest BCUT2D eigenvalue weighted by atomic mass is 19.1. The van der Waals surface area contributed by atoms with Gasteiger partial charge in [-0.1, -0.05) is 60.7 Å². The van der Waals surface area contributed by atoms with Crippen molar-refractivity contribution in [2.24, 2.45) is 5.92 Å². The minimum Gasteiger partial charge on any atom is -0.388 e. The number of quaternary nitrogens is 1. The molecule has 3 atom stereocenters. The van der Waals surface area contributed by atoms with E-state index in [1.54, 1.807) is 29.2 Å². The first-order valence-electron chi connectivity index (χ1n) is 18.6. The van der Waals surface area contributed by atoms with Crippen LogP contribution >= 0.6 is 0 Å². The lowest BCUT2D eigenvalue weighted by Crippen LogP contribution is -2.55. The van der Waals surface area contributed by atoms with E-state index >= 15 is 0 Å². The summed E-state index contributed by atoms with van der Waals surface area (Å²) in [5.41, 5.74) is 5.28. The first kappa shape index (κ1) is 38.3. The number of benzene rings is 4. The van der Waals surface area contributed by atoms with Crippen LogP contribution in [0, 0.1) is 17.6 Å². The Labute approximate surface area is 312 Å². The quantitative estimate of drug-likeness (QED) is 0.141. The molecule has 0 spiro atoms. The van der Waals surface area contributed by atoms with Crippen LogP contribution in [0.25, 0.3) is 0 Å². The maximum Gasteiger partial charge on any atom is 0.233 e. The van der Waals surface area contributed by atoms with Gasteiger partial charge in [0.15, 0.2) is 0 Å². The summed E-state index contributed by atoms with van der Waals surface area (Å²) in [4.78, 5) is 32.9. The van der Waals surface area contributed by atoms with Crippen molar-refractivity contribution in [2.45, 2.75) is 44.5 Å². The number of aliphatic hydroxyl groups is 1. The largest absolute Gasteiger partial charge is 0.388 e. The summed E-state index contributed by atoms with van der Waals surface area (Å²) in [6.07, 6.45) is 0.215. The molecule has 2 aliphatic heterocycles. The zero-order valence-corrected chi connectivity index (χ0v) is 31.1. The van der Waals surface area contributed by atoms with E-state index in [4.69, 9.17) is 0 Å². The lowest BCUT2D eigenvalue weighted by Gasteiger charge is -2.48. The monoisotopic (exact) mass is 724 g/mol. The Morgan fingerprint density at radius 3 is 1.94 bits per heavy atom. The highest BCUT2D eigenvalue weighted by molar-refractivity contribution is 6.03. The van der Waals surface area contributed by atoms with Gasteiger partial charge in [0, 0.05) is 44.0 Å². The number of β-lactam (4-membered cyclic amide) rings is 1. The van der Waals surface area contributed by atoms with Gasteiger partial charge < -0.3 is 19.8 Å². The van der Waals surface area contributed by atoms with Gasteiger partial charge in [0.1, 0.15) is 18.2 Å². The van der Waals surface area contributed by atoms with Gasteiger partial charge in [-0.3, -0.25) is 19.4 Å². The normalized spacial score (nSPS) is 20.2. The Hall–Kier alpha value is -4.48. The predicted octanol–water partition coefficient (Wildman–Crippen LogP) is 5.87. The van der Waals surface area contributed by atoms with Crippen LogP contribution in [0.5, 0.6) is 0 Å². The molecule has 2 N–H and O–H groups in total. The van der Waals surface area contributed by atoms with E-state index in [0.717, 1.165) is 67.0 Å². The molecule has 0 radical (unpaired) electrons. The fourth-order valence-electron chi connectivity index (χ4n) is 7.43.